The number of ether oxygens (including phenoxy) is 4. The lowest BCUT2D eigenvalue weighted by atomic mass is 9.68. The zero-order valence-electron chi connectivity index (χ0n) is 62.1. The topological polar surface area (TPSA) is 288 Å². The maximum Gasteiger partial charge on any atom is 0.335 e. The molecule has 0 amide bonds. The van der Waals surface area contributed by atoms with Crippen molar-refractivity contribution in [2.45, 2.75) is 166 Å². The lowest BCUT2D eigenvalue weighted by Crippen LogP contribution is -2.34. The van der Waals surface area contributed by atoms with Gasteiger partial charge in [-0.3, -0.25) is 9.97 Å². The number of nitrogens with zero attached hydrogens (tertiary/aromatic N) is 4. The van der Waals surface area contributed by atoms with Crippen LogP contribution in [0.25, 0.3) is 89.7 Å². The number of aromatic amines is 4. The van der Waals surface area contributed by atoms with Gasteiger partial charge in [0.25, 0.3) is 0 Å². The van der Waals surface area contributed by atoms with Gasteiger partial charge in [-0.2, -0.15) is 0 Å². The van der Waals surface area contributed by atoms with Crippen molar-refractivity contribution in [3.05, 3.63) is 186 Å². The van der Waals surface area contributed by atoms with Crippen LogP contribution in [0.15, 0.2) is 96.1 Å². The molecule has 105 heavy (non-hydrogen) atoms. The van der Waals surface area contributed by atoms with Gasteiger partial charge in [0, 0.05) is 80.9 Å². The zero-order chi connectivity index (χ0) is 75.3. The van der Waals surface area contributed by atoms with Gasteiger partial charge in [0.1, 0.15) is 23.1 Å². The number of ketones is 4. The molecule has 0 fully saturated rings. The molecule has 544 valence electrons. The average molecular weight is 1420 g/mol. The lowest BCUT2D eigenvalue weighted by Gasteiger charge is -2.32. The number of aryl methyl sites for hydroxylation is 6. The molecule has 6 aromatic heterocycles. The molecular weight excluding hydrogens is 1320 g/mol. The van der Waals surface area contributed by atoms with Gasteiger partial charge >= 0.3 is 23.9 Å². The van der Waals surface area contributed by atoms with Crippen LogP contribution in [0.3, 0.4) is 0 Å². The van der Waals surface area contributed by atoms with Crippen LogP contribution in [0.1, 0.15) is 204 Å². The van der Waals surface area contributed by atoms with Crippen LogP contribution >= 0.6 is 0 Å². The second-order valence-electron chi connectivity index (χ2n) is 27.8. The number of allylic oxidation sites excluding steroid dienone is 8. The Morgan fingerprint density at radius 2 is 0.714 bits per heavy atom. The first-order chi connectivity index (χ1) is 49.4. The van der Waals surface area contributed by atoms with Gasteiger partial charge in [-0.15, -0.1) is 0 Å². The largest absolute Gasteiger partial charge is 0.466 e. The maximum absolute atomic E-state index is 13.7. The van der Waals surface area contributed by atoms with Crippen molar-refractivity contribution in [3.63, 3.8) is 0 Å². The van der Waals surface area contributed by atoms with Crippen molar-refractivity contribution in [1.29, 1.82) is 0 Å². The van der Waals surface area contributed by atoms with Crippen molar-refractivity contribution >= 4 is 137 Å². The summed E-state index contributed by atoms with van der Waals surface area (Å²) in [7, 11) is 5.18. The predicted molar refractivity (Wildman–Crippen MR) is 413 cm³/mol. The van der Waals surface area contributed by atoms with E-state index in [1.165, 1.54) is 28.4 Å². The number of hydrogen-bond donors (Lipinski definition) is 4. The number of H-pyrrole nitrogens is 4. The van der Waals surface area contributed by atoms with Crippen molar-refractivity contribution in [2.75, 3.05) is 28.4 Å². The molecule has 0 saturated heterocycles. The van der Waals surface area contributed by atoms with Gasteiger partial charge in [-0.05, 0) is 237 Å². The standard InChI is InChI=1S/2C42H44N4O6.CH4/c1-10-26-23(4)32-18-37-30-16-15-29(40(49)51-8)39(41(50)52-9)42(30,7)38(46-37)20-33-25(6)28(14-12-22(3)48)36(45-33)19-35-27(13-11-21(2)47)24(5)31(44-35)17-34(26)43-32;1-10-26-23(4)31-17-32-24(5)27(13-11-21(2)47)34(43-32)19-35-28(14-12-22(3)48)25(6)33(44-35)18-37-30-16-15-29(40(49)51-8)39(41(50)52-9)42(30,7)38(46-37)20-36(26)45-31;/h10,16-20,43,45H,1,11-15H2,2-9H3;10,16-20,44-45H,1,11-15H2,2-9H3;1H4. The molecule has 2 unspecified atom stereocenters. The molecule has 0 aromatic carbocycles. The van der Waals surface area contributed by atoms with E-state index in [1.807, 2.05) is 122 Å². The molecule has 0 spiro atoms. The molecule has 4 N–H and O–H groups in total. The SMILES string of the molecule is C.C=Cc1c(C)c2cc3nc(cc4[nH]c(cc5nc(cc1[nH]2)C(C)=C5CCC(C)=O)c(CCC(C)=O)c4C)C1(C)C3=CCC(C(=O)OC)=C1C(=O)OC.C=Cc1c(C)c2cc3nc(cc4[nH]c(cc5nc(cc1[nH]2)C1(C)C5=CCC(C(=O)OC)=C1C(=O)OC)c(C)c4CCC(C)=O)C(CCC(C)=O)=C3C. The van der Waals surface area contributed by atoms with Crippen molar-refractivity contribution in [3.8, 4) is 0 Å². The molecule has 20 heteroatoms. The van der Waals surface area contributed by atoms with Crippen LogP contribution in [0.5, 0.6) is 0 Å². The first-order valence-corrected chi connectivity index (χ1v) is 34.8. The van der Waals surface area contributed by atoms with E-state index in [1.54, 1.807) is 33.8 Å². The third-order valence-corrected chi connectivity index (χ3v) is 21.4. The highest BCUT2D eigenvalue weighted by Gasteiger charge is 2.51. The first kappa shape index (κ1) is 76.4. The molecule has 12 rings (SSSR count). The third kappa shape index (κ3) is 13.9. The number of aromatic nitrogens is 8. The fourth-order valence-electron chi connectivity index (χ4n) is 15.4. The van der Waals surface area contributed by atoms with Crippen LogP contribution in [0.2, 0.25) is 0 Å². The third-order valence-electron chi connectivity index (χ3n) is 21.4. The molecule has 4 aliphatic heterocycles. The summed E-state index contributed by atoms with van der Waals surface area (Å²) in [6.07, 6.45) is 11.3. The highest BCUT2D eigenvalue weighted by Crippen LogP contribution is 2.54. The minimum absolute atomic E-state index is 0. The van der Waals surface area contributed by atoms with Gasteiger partial charge in [-0.25, -0.2) is 29.1 Å². The van der Waals surface area contributed by atoms with Gasteiger partial charge in [-0.1, -0.05) is 44.9 Å². The van der Waals surface area contributed by atoms with E-state index in [2.05, 4.69) is 33.1 Å². The van der Waals surface area contributed by atoms with E-state index in [4.69, 9.17) is 38.9 Å². The molecule has 2 aliphatic carbocycles. The predicted octanol–water partition coefficient (Wildman–Crippen LogP) is 16.2. The Hall–Kier alpha value is -11.3. The van der Waals surface area contributed by atoms with E-state index in [0.29, 0.717) is 74.1 Å². The second kappa shape index (κ2) is 30.2. The number of hydrogen-bond acceptors (Lipinski definition) is 16. The molecule has 6 aliphatic rings. The van der Waals surface area contributed by atoms with Crippen molar-refractivity contribution in [2.24, 2.45) is 0 Å². The van der Waals surface area contributed by atoms with E-state index in [-0.39, 0.29) is 65.7 Å². The summed E-state index contributed by atoms with van der Waals surface area (Å²) in [5.74, 6) is -2.17. The molecule has 0 radical (unpaired) electrons. The van der Waals surface area contributed by atoms with Gasteiger partial charge in [0.2, 0.25) is 0 Å². The fourth-order valence-corrected chi connectivity index (χ4v) is 15.4. The summed E-state index contributed by atoms with van der Waals surface area (Å²) >= 11 is 0. The summed E-state index contributed by atoms with van der Waals surface area (Å²) in [4.78, 5) is 137. The average Bonchev–Trinajstić information content (AvgIpc) is 1.63. The number of methoxy groups -OCH3 is 4. The summed E-state index contributed by atoms with van der Waals surface area (Å²) in [5, 5.41) is 0. The van der Waals surface area contributed by atoms with Crippen LogP contribution in [-0.4, -0.2) is 115 Å². The Labute approximate surface area is 611 Å². The van der Waals surface area contributed by atoms with Gasteiger partial charge < -0.3 is 58.1 Å². The molecule has 6 aromatic rings. The number of nitrogens with one attached hydrogen (secondary N) is 4. The quantitative estimate of drug-likeness (QED) is 0.0459. The fraction of sp³-hybridized carbons (Fsp3) is 0.341. The minimum Gasteiger partial charge on any atom is -0.466 e. The molecule has 2 atom stereocenters. The Kier molecular flexibility index (Phi) is 22.0. The van der Waals surface area contributed by atoms with E-state index >= 15 is 0 Å². The van der Waals surface area contributed by atoms with Crippen LogP contribution < -0.4 is 0 Å². The molecule has 16 bridgehead atoms. The summed E-state index contributed by atoms with van der Waals surface area (Å²) in [6.45, 7) is 30.4. The lowest BCUT2D eigenvalue weighted by molar-refractivity contribution is -0.139. The number of carbonyl (C=O) groups excluding carboxylic acids is 8. The highest BCUT2D eigenvalue weighted by molar-refractivity contribution is 6.09. The molecule has 10 heterocycles. The normalized spacial score (nSPS) is 16.6. The van der Waals surface area contributed by atoms with Crippen LogP contribution in [0.4, 0.5) is 0 Å². The Balaban J connectivity index is 0.000000223. The maximum atomic E-state index is 13.7. The Morgan fingerprint density at radius 3 is 1.08 bits per heavy atom. The summed E-state index contributed by atoms with van der Waals surface area (Å²) < 4.78 is 20.9. The summed E-state index contributed by atoms with van der Waals surface area (Å²) in [5.41, 5.74) is 22.9. The van der Waals surface area contributed by atoms with E-state index < -0.39 is 34.7 Å². The van der Waals surface area contributed by atoms with E-state index in [0.717, 1.165) is 145 Å². The van der Waals surface area contributed by atoms with Gasteiger partial charge in [0.05, 0.1) is 107 Å². The minimum atomic E-state index is -1.18. The molecular formula is C85H92N8O12. The van der Waals surface area contributed by atoms with Crippen LogP contribution in [0, 0.1) is 27.7 Å². The van der Waals surface area contributed by atoms with Crippen LogP contribution in [-0.2, 0) is 81.0 Å². The number of Topliss-reactive ketones (excluding diaryl/α,β-unsaturated/α-hetero) is 4. The molecule has 0 saturated carbocycles. The highest BCUT2D eigenvalue weighted by atomic mass is 16.5. The number of esters is 4. The first-order valence-electron chi connectivity index (χ1n) is 34.8. The van der Waals surface area contributed by atoms with Crippen molar-refractivity contribution in [1.82, 2.24) is 39.9 Å². The molecule has 20 nitrogen and oxygen atoms in total. The summed E-state index contributed by atoms with van der Waals surface area (Å²) in [6, 6.07) is 15.7. The number of fused-ring (bicyclic) bond motifs is 22. The zero-order valence-corrected chi connectivity index (χ0v) is 62.1. The number of carbonyl (C=O) groups is 8. The van der Waals surface area contributed by atoms with E-state index in [9.17, 15) is 38.4 Å². The Bertz CT molecular complexity index is 5390. The van der Waals surface area contributed by atoms with Gasteiger partial charge in [0.15, 0.2) is 0 Å². The van der Waals surface area contributed by atoms with Crippen molar-refractivity contribution < 1.29 is 57.3 Å². The monoisotopic (exact) mass is 1420 g/mol. The second-order valence-corrected chi connectivity index (χ2v) is 27.8. The Morgan fingerprint density at radius 1 is 0.410 bits per heavy atom. The smallest absolute Gasteiger partial charge is 0.335 e. The number of rotatable bonds is 18.